The number of halogens is 2. The molecular weight excluding hydrogens is 440 g/mol. The molecule has 0 saturated heterocycles. The zero-order valence-corrected chi connectivity index (χ0v) is 17.2. The number of rotatable bonds is 6. The van der Waals surface area contributed by atoms with Crippen LogP contribution in [0.25, 0.3) is 0 Å². The summed E-state index contributed by atoms with van der Waals surface area (Å²) in [5, 5.41) is 6.49. The van der Waals surface area contributed by atoms with Gasteiger partial charge in [0.25, 0.3) is 0 Å². The van der Waals surface area contributed by atoms with Crippen LogP contribution in [0.4, 0.5) is 4.39 Å². The molecule has 2 N–H and O–H groups in total. The molecule has 1 unspecified atom stereocenters. The highest BCUT2D eigenvalue weighted by Gasteiger charge is 2.06. The van der Waals surface area contributed by atoms with E-state index in [2.05, 4.69) is 34.7 Å². The van der Waals surface area contributed by atoms with Crippen LogP contribution in [0.2, 0.25) is 0 Å². The lowest BCUT2D eigenvalue weighted by Crippen LogP contribution is -2.41. The van der Waals surface area contributed by atoms with Gasteiger partial charge in [-0.1, -0.05) is 0 Å². The number of benzene rings is 1. The van der Waals surface area contributed by atoms with Gasteiger partial charge in [-0.05, 0) is 50.2 Å². The number of nitrogens with one attached hydrogen (secondary N) is 2. The monoisotopic (exact) mass is 463 g/mol. The van der Waals surface area contributed by atoms with E-state index < -0.39 is 0 Å². The van der Waals surface area contributed by atoms with E-state index in [0.717, 1.165) is 12.5 Å². The summed E-state index contributed by atoms with van der Waals surface area (Å²) in [4.78, 5) is 6.76. The van der Waals surface area contributed by atoms with Crippen LogP contribution in [-0.4, -0.2) is 25.7 Å². The molecule has 1 aromatic carbocycles. The van der Waals surface area contributed by atoms with Crippen LogP contribution < -0.4 is 15.4 Å². The standard InChI is InChI=1S/C17H22FN3OS.HI/c1-12(22-15-7-5-14(18)6-8-15)10-20-17(19-3)21-11-16-9-4-13(2)23-16;/h4-9,12H,10-11H2,1-3H3,(H2,19,20,21);1H. The van der Waals surface area contributed by atoms with E-state index in [9.17, 15) is 4.39 Å². The average Bonchev–Trinajstić information content (AvgIpc) is 2.95. The van der Waals surface area contributed by atoms with E-state index >= 15 is 0 Å². The lowest BCUT2D eigenvalue weighted by molar-refractivity contribution is 0.223. The first kappa shape index (κ1) is 20.7. The zero-order chi connectivity index (χ0) is 16.7. The van der Waals surface area contributed by atoms with Gasteiger partial charge in [0.2, 0.25) is 0 Å². The Labute approximate surface area is 163 Å². The number of thiophene rings is 1. The van der Waals surface area contributed by atoms with Crippen molar-refractivity contribution in [3.05, 3.63) is 52.0 Å². The topological polar surface area (TPSA) is 45.7 Å². The second kappa shape index (κ2) is 10.5. The summed E-state index contributed by atoms with van der Waals surface area (Å²) in [6.07, 6.45) is -0.0667. The van der Waals surface area contributed by atoms with E-state index in [1.54, 1.807) is 30.5 Å². The lowest BCUT2D eigenvalue weighted by Gasteiger charge is -2.17. The molecule has 4 nitrogen and oxygen atoms in total. The van der Waals surface area contributed by atoms with Crippen LogP contribution in [0.5, 0.6) is 5.75 Å². The maximum atomic E-state index is 12.9. The van der Waals surface area contributed by atoms with Crippen LogP contribution >= 0.6 is 35.3 Å². The molecule has 7 heteroatoms. The van der Waals surface area contributed by atoms with Gasteiger partial charge in [-0.2, -0.15) is 0 Å². The lowest BCUT2D eigenvalue weighted by atomic mass is 10.3. The molecule has 0 bridgehead atoms. The van der Waals surface area contributed by atoms with Crippen molar-refractivity contribution < 1.29 is 9.13 Å². The van der Waals surface area contributed by atoms with Gasteiger partial charge < -0.3 is 15.4 Å². The third-order valence-corrected chi connectivity index (χ3v) is 4.16. The molecule has 0 spiro atoms. The molecule has 0 amide bonds. The highest BCUT2D eigenvalue weighted by atomic mass is 127. The largest absolute Gasteiger partial charge is 0.489 e. The normalized spacial score (nSPS) is 12.2. The van der Waals surface area contributed by atoms with E-state index in [-0.39, 0.29) is 35.9 Å². The Morgan fingerprint density at radius 3 is 2.50 bits per heavy atom. The summed E-state index contributed by atoms with van der Waals surface area (Å²) < 4.78 is 18.6. The number of nitrogens with zero attached hydrogens (tertiary/aromatic N) is 1. The van der Waals surface area contributed by atoms with Crippen LogP contribution in [0.3, 0.4) is 0 Å². The van der Waals surface area contributed by atoms with Crippen LogP contribution in [0, 0.1) is 12.7 Å². The van der Waals surface area contributed by atoms with Gasteiger partial charge >= 0.3 is 0 Å². The van der Waals surface area contributed by atoms with Crippen molar-refractivity contribution in [1.82, 2.24) is 10.6 Å². The van der Waals surface area contributed by atoms with Gasteiger partial charge in [-0.3, -0.25) is 4.99 Å². The fourth-order valence-electron chi connectivity index (χ4n) is 2.00. The fourth-order valence-corrected chi connectivity index (χ4v) is 2.83. The summed E-state index contributed by atoms with van der Waals surface area (Å²) >= 11 is 1.77. The maximum absolute atomic E-state index is 12.9. The summed E-state index contributed by atoms with van der Waals surface area (Å²) in [7, 11) is 1.74. The Morgan fingerprint density at radius 2 is 1.92 bits per heavy atom. The van der Waals surface area contributed by atoms with Crippen molar-refractivity contribution in [2.45, 2.75) is 26.5 Å². The molecule has 1 atom stereocenters. The summed E-state index contributed by atoms with van der Waals surface area (Å²) in [6, 6.07) is 10.2. The van der Waals surface area contributed by atoms with Gasteiger partial charge in [0, 0.05) is 16.8 Å². The van der Waals surface area contributed by atoms with E-state index in [0.29, 0.717) is 12.3 Å². The first-order valence-corrected chi connectivity index (χ1v) is 8.30. The molecule has 0 aliphatic rings. The Kier molecular flexibility index (Phi) is 9.05. The molecule has 2 rings (SSSR count). The minimum absolute atomic E-state index is 0. The van der Waals surface area contributed by atoms with E-state index in [1.807, 2.05) is 6.92 Å². The van der Waals surface area contributed by atoms with E-state index in [4.69, 9.17) is 4.74 Å². The van der Waals surface area contributed by atoms with Crippen molar-refractivity contribution >= 4 is 41.3 Å². The van der Waals surface area contributed by atoms with Gasteiger partial charge in [-0.15, -0.1) is 35.3 Å². The third-order valence-electron chi connectivity index (χ3n) is 3.16. The molecule has 24 heavy (non-hydrogen) atoms. The van der Waals surface area contributed by atoms with Crippen molar-refractivity contribution in [1.29, 1.82) is 0 Å². The fraction of sp³-hybridized carbons (Fsp3) is 0.353. The van der Waals surface area contributed by atoms with Crippen LogP contribution in [0.1, 0.15) is 16.7 Å². The first-order valence-electron chi connectivity index (χ1n) is 7.49. The van der Waals surface area contributed by atoms with Gasteiger partial charge in [-0.25, -0.2) is 4.39 Å². The zero-order valence-electron chi connectivity index (χ0n) is 14.0. The van der Waals surface area contributed by atoms with Crippen molar-refractivity contribution in [2.24, 2.45) is 4.99 Å². The maximum Gasteiger partial charge on any atom is 0.191 e. The number of ether oxygens (including phenoxy) is 1. The Bertz CT molecular complexity index is 646. The molecule has 1 heterocycles. The second-order valence-electron chi connectivity index (χ2n) is 5.20. The smallest absolute Gasteiger partial charge is 0.191 e. The predicted molar refractivity (Wildman–Crippen MR) is 109 cm³/mol. The average molecular weight is 463 g/mol. The second-order valence-corrected chi connectivity index (χ2v) is 6.57. The van der Waals surface area contributed by atoms with E-state index in [1.165, 1.54) is 21.9 Å². The summed E-state index contributed by atoms with van der Waals surface area (Å²) in [5.41, 5.74) is 0. The predicted octanol–water partition coefficient (Wildman–Crippen LogP) is 3.95. The third kappa shape index (κ3) is 7.04. The SMILES string of the molecule is CN=C(NCc1ccc(C)s1)NCC(C)Oc1ccc(F)cc1.I. The number of hydrogen-bond acceptors (Lipinski definition) is 3. The van der Waals surface area contributed by atoms with Gasteiger partial charge in [0.05, 0.1) is 13.1 Å². The molecular formula is C17H23FIN3OS. The highest BCUT2D eigenvalue weighted by molar-refractivity contribution is 14.0. The van der Waals surface area contributed by atoms with Crippen molar-refractivity contribution in [3.63, 3.8) is 0 Å². The van der Waals surface area contributed by atoms with Crippen LogP contribution in [0.15, 0.2) is 41.4 Å². The first-order chi connectivity index (χ1) is 11.1. The molecule has 2 aromatic rings. The summed E-state index contributed by atoms with van der Waals surface area (Å²) in [5.74, 6) is 1.11. The quantitative estimate of drug-likeness (QED) is 0.388. The Morgan fingerprint density at radius 1 is 1.21 bits per heavy atom. The molecule has 132 valence electrons. The molecule has 0 aliphatic heterocycles. The van der Waals surface area contributed by atoms with Crippen molar-refractivity contribution in [2.75, 3.05) is 13.6 Å². The highest BCUT2D eigenvalue weighted by Crippen LogP contribution is 2.14. The molecule has 1 aromatic heterocycles. The minimum atomic E-state index is -0.267. The van der Waals surface area contributed by atoms with Crippen LogP contribution in [-0.2, 0) is 6.54 Å². The molecule has 0 saturated carbocycles. The molecule has 0 aliphatic carbocycles. The summed E-state index contributed by atoms with van der Waals surface area (Å²) in [6.45, 7) is 5.38. The molecule has 0 radical (unpaired) electrons. The van der Waals surface area contributed by atoms with Crippen molar-refractivity contribution in [3.8, 4) is 5.75 Å². The Balaban J connectivity index is 0.00000288. The van der Waals surface area contributed by atoms with Gasteiger partial charge in [0.1, 0.15) is 17.7 Å². The number of guanidine groups is 1. The van der Waals surface area contributed by atoms with Gasteiger partial charge in [0.15, 0.2) is 5.96 Å². The minimum Gasteiger partial charge on any atom is -0.489 e. The number of aliphatic imine (C=N–C) groups is 1. The Hall–Kier alpha value is -1.35. The number of hydrogen-bond donors (Lipinski definition) is 2. The molecule has 0 fully saturated rings. The number of aryl methyl sites for hydroxylation is 1.